The van der Waals surface area contributed by atoms with E-state index in [0.29, 0.717) is 116 Å². The summed E-state index contributed by atoms with van der Waals surface area (Å²) in [4.78, 5) is 58.2. The zero-order valence-electron chi connectivity index (χ0n) is 73.0. The largest absolute Gasteiger partial charge is 0.515 e. The van der Waals surface area contributed by atoms with Crippen LogP contribution in [0.25, 0.3) is 45.6 Å². The summed E-state index contributed by atoms with van der Waals surface area (Å²) in [6.07, 6.45) is 15.9. The van der Waals surface area contributed by atoms with Crippen molar-refractivity contribution < 1.29 is 44.1 Å². The first-order valence-electron chi connectivity index (χ1n) is 44.3. The molecule has 0 amide bonds. The molecular formula is C99H130N9O9P. The highest BCUT2D eigenvalue weighted by atomic mass is 31.0. The lowest BCUT2D eigenvalue weighted by Gasteiger charge is -2.47. The normalized spacial score (nSPS) is 26.4. The Balaban J connectivity index is 0.000000129. The third-order valence-electron chi connectivity index (χ3n) is 29.7. The summed E-state index contributed by atoms with van der Waals surface area (Å²) < 4.78 is 20.3. The number of imidazole rings is 4. The third-order valence-corrected chi connectivity index (χ3v) is 29.9. The van der Waals surface area contributed by atoms with Gasteiger partial charge in [-0.2, -0.15) is 0 Å². The minimum Gasteiger partial charge on any atom is -0.515 e. The molecule has 17 rings (SSSR count). The van der Waals surface area contributed by atoms with Crippen molar-refractivity contribution in [1.82, 2.24) is 43.4 Å². The number of fused-ring (bicyclic) bond motifs is 13. The van der Waals surface area contributed by atoms with Crippen molar-refractivity contribution in [2.45, 2.75) is 278 Å². The van der Waals surface area contributed by atoms with Gasteiger partial charge < -0.3 is 48.0 Å². The molecule has 5 heterocycles. The van der Waals surface area contributed by atoms with Gasteiger partial charge in [-0.15, -0.1) is 9.24 Å². The fourth-order valence-electron chi connectivity index (χ4n) is 22.7. The van der Waals surface area contributed by atoms with Crippen LogP contribution in [-0.4, -0.2) is 114 Å². The van der Waals surface area contributed by atoms with Crippen LogP contribution in [0, 0.1) is 41.4 Å². The topological polar surface area (TPSA) is 239 Å². The standard InChI is InChI=1S/C25H31N3O2.C25H32N2O3.C25H35N2O2P.C24H32N2O2/c1-15(2)17-5-7-18(8-6-17)24-27-23-21(28(24)11-12-29)10-9-20-16(3)22-19(14-26-30-22)13-25(20,23)4;1-15(2)17-5-7-18(8-6-17)24-26-23-21(27(24)11-12-28)10-9-20-16(3)22(30)19(14-29)13-25(20,23)4;1-16(2)18-5-7-19(8-6-18)24-26-23-21(27(24)13-14-29-15-30)10-9-20-17(3)22(28)11-12-25(20,23)4;1-15(2)17-5-7-18(8-6-17)23-25-22-20(26(23)13-14-27)10-9-19-16(3)21(28)11-12-24(19,22)4/h5-8,14-16,20,29H,9-13H2,1-4H3;5-8,14-16,20,28-29H,9-13H2,1-4H3;5-8,16-17,20H,9-15,30H2,1-4H3;5-8,15-16,19,27H,9-14H2,1-4H3/b;19-14-;;/t2*16-,20-,25-;17-,20-,25-;16-,19-,24-/m1111/s1. The molecule has 1 unspecified atom stereocenters. The summed E-state index contributed by atoms with van der Waals surface area (Å²) in [7, 11) is 2.63. The fourth-order valence-corrected chi connectivity index (χ4v) is 22.9. The Bertz CT molecular complexity index is 5120. The molecule has 18 nitrogen and oxygen atoms in total. The van der Waals surface area contributed by atoms with Crippen molar-refractivity contribution in [3.8, 4) is 45.6 Å². The molecule has 3 fully saturated rings. The van der Waals surface area contributed by atoms with Gasteiger partial charge in [-0.3, -0.25) is 14.4 Å². The summed E-state index contributed by atoms with van der Waals surface area (Å²) in [5.74, 6) is 9.72. The van der Waals surface area contributed by atoms with Crippen molar-refractivity contribution in [2.75, 3.05) is 32.8 Å². The first-order valence-corrected chi connectivity index (χ1v) is 45.1. The Hall–Kier alpha value is -8.25. The predicted molar refractivity (Wildman–Crippen MR) is 470 cm³/mol. The SMILES string of the molecule is CC(C)c1ccc(-c2nc3c(n2CCO)CC[C@@H]2[C@@H](C)C(=O)/C(=C\O)C[C@@]32C)cc1.CC(C)c1ccc(-c2nc3c(n2CCO)CC[C@@H]2[C@@H](C)C(=O)CC[C@@]32C)cc1.CC(C)c1ccc(-c2nc3c(n2CCO)CC[C@@H]2[C@@H](C)c4oncc4C[C@@]32C)cc1.CC(C)c1ccc(-c2nc3c(n2CCOCP)CC[C@@H]2[C@@H](C)C(=O)CC[C@@]32C)cc1. The molecule has 3 saturated carbocycles. The van der Waals surface area contributed by atoms with Gasteiger partial charge >= 0.3 is 0 Å². The van der Waals surface area contributed by atoms with Crippen molar-refractivity contribution in [3.63, 3.8) is 0 Å². The number of aliphatic hydroxyl groups is 4. The number of nitrogens with zero attached hydrogens (tertiary/aromatic N) is 9. The molecule has 9 aromatic rings. The second-order valence-corrected chi connectivity index (χ2v) is 38.1. The Morgan fingerprint density at radius 2 is 0.763 bits per heavy atom. The number of carbonyl (C=O) groups excluding carboxylic acids is 3. The number of allylic oxidation sites excluding steroid dienone is 1. The van der Waals surface area contributed by atoms with E-state index in [2.05, 4.69) is 234 Å². The van der Waals surface area contributed by atoms with Crippen LogP contribution in [-0.2, 0) is 99.1 Å². The third kappa shape index (κ3) is 15.7. The van der Waals surface area contributed by atoms with Gasteiger partial charge in [-0.1, -0.05) is 213 Å². The minimum atomic E-state index is -0.303. The molecule has 0 saturated heterocycles. The molecule has 118 heavy (non-hydrogen) atoms. The zero-order chi connectivity index (χ0) is 84.2. The lowest BCUT2D eigenvalue weighted by molar-refractivity contribution is -0.129. The number of ether oxygens (including phenoxy) is 1. The molecule has 8 aliphatic carbocycles. The van der Waals surface area contributed by atoms with Crippen molar-refractivity contribution >= 4 is 26.6 Å². The number of aliphatic hydroxyl groups excluding tert-OH is 4. The number of hydrogen-bond donors (Lipinski definition) is 4. The van der Waals surface area contributed by atoms with Gasteiger partial charge in [-0.25, -0.2) is 19.9 Å². The van der Waals surface area contributed by atoms with Gasteiger partial charge in [-0.05, 0) is 147 Å². The minimum absolute atomic E-state index is 0.0136. The Labute approximate surface area is 702 Å². The second-order valence-electron chi connectivity index (χ2n) is 37.8. The summed E-state index contributed by atoms with van der Waals surface area (Å²) in [5.41, 5.74) is 20.7. The van der Waals surface area contributed by atoms with Gasteiger partial charge in [0.05, 0.1) is 68.0 Å². The molecular weight excluding hydrogens is 1490 g/mol. The molecule has 4 N–H and O–H groups in total. The van der Waals surface area contributed by atoms with Crippen LogP contribution in [0.1, 0.15) is 277 Å². The smallest absolute Gasteiger partial charge is 0.165 e. The van der Waals surface area contributed by atoms with E-state index < -0.39 is 0 Å². The van der Waals surface area contributed by atoms with Gasteiger partial charge in [0.2, 0.25) is 0 Å². The van der Waals surface area contributed by atoms with Crippen LogP contribution < -0.4 is 0 Å². The highest BCUT2D eigenvalue weighted by Crippen LogP contribution is 2.58. The number of aromatic nitrogens is 9. The molecule has 8 aliphatic rings. The average Bonchev–Trinajstić information content (AvgIpc) is 1.57. The number of carbonyl (C=O) groups is 3. The Kier molecular flexibility index (Phi) is 25.6. The van der Waals surface area contributed by atoms with E-state index in [4.69, 9.17) is 29.2 Å². The van der Waals surface area contributed by atoms with Crippen LogP contribution in [0.4, 0.5) is 0 Å². The van der Waals surface area contributed by atoms with Gasteiger partial charge in [0.25, 0.3) is 0 Å². The van der Waals surface area contributed by atoms with Crippen LogP contribution >= 0.6 is 9.24 Å². The van der Waals surface area contributed by atoms with E-state index in [-0.39, 0.29) is 70.9 Å². The summed E-state index contributed by atoms with van der Waals surface area (Å²) in [5, 5.41) is 43.0. The van der Waals surface area contributed by atoms with Crippen molar-refractivity contribution in [1.29, 1.82) is 0 Å². The predicted octanol–water partition coefficient (Wildman–Crippen LogP) is 19.2. The summed E-state index contributed by atoms with van der Waals surface area (Å²) in [6.45, 7) is 38.7. The number of benzene rings is 4. The van der Waals surface area contributed by atoms with E-state index in [1.165, 1.54) is 67.5 Å². The summed E-state index contributed by atoms with van der Waals surface area (Å²) in [6, 6.07) is 34.8. The maximum absolute atomic E-state index is 12.7. The van der Waals surface area contributed by atoms with Crippen molar-refractivity contribution in [2.24, 2.45) is 41.4 Å². The Morgan fingerprint density at radius 3 is 1.08 bits per heavy atom. The van der Waals surface area contributed by atoms with Crippen LogP contribution in [0.2, 0.25) is 0 Å². The fraction of sp³-hybridized carbons (Fsp3) is 0.556. The number of ketones is 3. The molecule has 4 aromatic carbocycles. The highest BCUT2D eigenvalue weighted by molar-refractivity contribution is 7.16. The number of Topliss-reactive ketones (excluding diaryl/α,β-unsaturated/α-hetero) is 3. The van der Waals surface area contributed by atoms with Gasteiger partial charge in [0.15, 0.2) is 5.78 Å². The lowest BCUT2D eigenvalue weighted by Crippen LogP contribution is -2.48. The first kappa shape index (κ1) is 86.1. The molecule has 5 aromatic heterocycles. The maximum Gasteiger partial charge on any atom is 0.165 e. The van der Waals surface area contributed by atoms with Crippen LogP contribution in [0.15, 0.2) is 120 Å². The first-order chi connectivity index (χ1) is 56.5. The average molecular weight is 1620 g/mol. The Morgan fingerprint density at radius 1 is 0.449 bits per heavy atom. The van der Waals surface area contributed by atoms with E-state index in [0.717, 1.165) is 141 Å². The molecule has 0 radical (unpaired) electrons. The van der Waals surface area contributed by atoms with E-state index in [1.54, 1.807) is 0 Å². The van der Waals surface area contributed by atoms with Crippen LogP contribution in [0.3, 0.4) is 0 Å². The van der Waals surface area contributed by atoms with E-state index in [9.17, 15) is 34.8 Å². The molecule has 0 spiro atoms. The summed E-state index contributed by atoms with van der Waals surface area (Å²) >= 11 is 0. The quantitative estimate of drug-likeness (QED) is 0.0271. The molecule has 630 valence electrons. The molecule has 13 atom stereocenters. The lowest BCUT2D eigenvalue weighted by atomic mass is 9.56. The maximum atomic E-state index is 12.7. The van der Waals surface area contributed by atoms with Crippen LogP contribution in [0.5, 0.6) is 0 Å². The molecule has 0 bridgehead atoms. The highest BCUT2D eigenvalue weighted by Gasteiger charge is 2.56. The number of rotatable bonds is 18. The van der Waals surface area contributed by atoms with Crippen molar-refractivity contribution in [3.05, 3.63) is 194 Å². The van der Waals surface area contributed by atoms with E-state index >= 15 is 0 Å². The monoisotopic (exact) mass is 1620 g/mol. The molecule has 0 aliphatic heterocycles. The zero-order valence-corrected chi connectivity index (χ0v) is 74.2. The number of hydrogen-bond acceptors (Lipinski definition) is 14. The van der Waals surface area contributed by atoms with Gasteiger partial charge in [0.1, 0.15) is 40.6 Å². The molecule has 19 heteroatoms. The second kappa shape index (κ2) is 35.1. The van der Waals surface area contributed by atoms with Gasteiger partial charge in [0, 0.05) is 141 Å². The van der Waals surface area contributed by atoms with E-state index in [1.807, 2.05) is 13.1 Å².